The fourth-order valence-electron chi connectivity index (χ4n) is 2.76. The van der Waals surface area contributed by atoms with Crippen LogP contribution in [0.25, 0.3) is 11.3 Å². The molecule has 4 nitrogen and oxygen atoms in total. The number of rotatable bonds is 3. The van der Waals surface area contributed by atoms with E-state index in [0.29, 0.717) is 0 Å². The monoisotopic (exact) mass is 289 g/mol. The van der Waals surface area contributed by atoms with E-state index in [4.69, 9.17) is 4.74 Å². The molecule has 0 bridgehead atoms. The lowest BCUT2D eigenvalue weighted by Crippen LogP contribution is -2.21. The van der Waals surface area contributed by atoms with Gasteiger partial charge in [0.2, 0.25) is 0 Å². The molecule has 1 fully saturated rings. The van der Waals surface area contributed by atoms with Gasteiger partial charge in [-0.25, -0.2) is 9.37 Å². The molecule has 1 aliphatic heterocycles. The van der Waals surface area contributed by atoms with Gasteiger partial charge in [0.1, 0.15) is 5.82 Å². The molecule has 5 heteroatoms. The Bertz CT molecular complexity index is 603. The molecule has 0 aliphatic carbocycles. The van der Waals surface area contributed by atoms with E-state index in [2.05, 4.69) is 15.3 Å². The summed E-state index contributed by atoms with van der Waals surface area (Å²) < 4.78 is 18.7. The van der Waals surface area contributed by atoms with E-state index >= 15 is 0 Å². The molecule has 21 heavy (non-hydrogen) atoms. The molecule has 1 unspecified atom stereocenters. The molecule has 1 aromatic heterocycles. The first kappa shape index (κ1) is 14.1. The Morgan fingerprint density at radius 3 is 3.00 bits per heavy atom. The molecule has 3 rings (SSSR count). The Labute approximate surface area is 123 Å². The number of halogens is 1. The van der Waals surface area contributed by atoms with Gasteiger partial charge in [-0.05, 0) is 37.6 Å². The summed E-state index contributed by atoms with van der Waals surface area (Å²) in [5.41, 5.74) is 1.61. The average molecular weight is 289 g/mol. The number of nitrogens with one attached hydrogen (secondary N) is 2. The number of imidazole rings is 1. The highest BCUT2D eigenvalue weighted by molar-refractivity contribution is 5.60. The number of benzene rings is 1. The third-order valence-electron chi connectivity index (χ3n) is 3.95. The molecule has 1 atom stereocenters. The van der Waals surface area contributed by atoms with Gasteiger partial charge in [-0.15, -0.1) is 0 Å². The Kier molecular flexibility index (Phi) is 4.20. The molecule has 0 spiro atoms. The van der Waals surface area contributed by atoms with Gasteiger partial charge in [-0.2, -0.15) is 0 Å². The van der Waals surface area contributed by atoms with Crippen molar-refractivity contribution < 1.29 is 9.13 Å². The predicted molar refractivity (Wildman–Crippen MR) is 79.7 cm³/mol. The van der Waals surface area contributed by atoms with Gasteiger partial charge in [-0.3, -0.25) is 0 Å². The summed E-state index contributed by atoms with van der Waals surface area (Å²) in [4.78, 5) is 7.77. The van der Waals surface area contributed by atoms with E-state index in [1.54, 1.807) is 12.3 Å². The summed E-state index contributed by atoms with van der Waals surface area (Å²) in [6.45, 7) is 1.03. The number of nitrogens with zero attached hydrogens (tertiary/aromatic N) is 1. The summed E-state index contributed by atoms with van der Waals surface area (Å²) in [7, 11) is 1.46. The number of hydrogen-bond acceptors (Lipinski definition) is 3. The van der Waals surface area contributed by atoms with Gasteiger partial charge in [0.25, 0.3) is 0 Å². The van der Waals surface area contributed by atoms with Crippen molar-refractivity contribution in [2.45, 2.75) is 31.7 Å². The van der Waals surface area contributed by atoms with Crippen LogP contribution in [-0.4, -0.2) is 23.6 Å². The van der Waals surface area contributed by atoms with Gasteiger partial charge in [0.05, 0.1) is 25.0 Å². The Hall–Kier alpha value is -1.88. The van der Waals surface area contributed by atoms with Crippen LogP contribution in [0.3, 0.4) is 0 Å². The summed E-state index contributed by atoms with van der Waals surface area (Å²) in [6.07, 6.45) is 6.55. The molecule has 2 aromatic rings. The summed E-state index contributed by atoms with van der Waals surface area (Å²) in [6, 6.07) is 5.20. The SMILES string of the molecule is COc1ccc(-c2cnc(C3CCCCCN3)[nH]2)cc1F. The number of hydrogen-bond donors (Lipinski definition) is 2. The minimum absolute atomic E-state index is 0.254. The van der Waals surface area contributed by atoms with Crippen molar-refractivity contribution in [2.75, 3.05) is 13.7 Å². The molecular weight excluding hydrogens is 269 g/mol. The zero-order chi connectivity index (χ0) is 14.7. The largest absolute Gasteiger partial charge is 0.494 e. The van der Waals surface area contributed by atoms with Gasteiger partial charge < -0.3 is 15.0 Å². The average Bonchev–Trinajstić information content (AvgIpc) is 2.83. The van der Waals surface area contributed by atoms with Crippen molar-refractivity contribution in [3.05, 3.63) is 36.0 Å². The third kappa shape index (κ3) is 3.08. The first-order chi connectivity index (χ1) is 10.3. The third-order valence-corrected chi connectivity index (χ3v) is 3.95. The number of aromatic amines is 1. The van der Waals surface area contributed by atoms with Crippen molar-refractivity contribution in [3.63, 3.8) is 0 Å². The van der Waals surface area contributed by atoms with Crippen LogP contribution in [0.4, 0.5) is 4.39 Å². The molecule has 2 heterocycles. The van der Waals surface area contributed by atoms with Crippen molar-refractivity contribution in [2.24, 2.45) is 0 Å². The van der Waals surface area contributed by atoms with E-state index in [-0.39, 0.29) is 17.6 Å². The van der Waals surface area contributed by atoms with Crippen LogP contribution >= 0.6 is 0 Å². The molecule has 1 aromatic carbocycles. The van der Waals surface area contributed by atoms with Crippen LogP contribution in [0.5, 0.6) is 5.75 Å². The molecule has 0 radical (unpaired) electrons. The van der Waals surface area contributed by atoms with E-state index in [1.807, 2.05) is 6.07 Å². The maximum absolute atomic E-state index is 13.8. The quantitative estimate of drug-likeness (QED) is 0.910. The molecular formula is C16H20FN3O. The highest BCUT2D eigenvalue weighted by atomic mass is 19.1. The minimum Gasteiger partial charge on any atom is -0.494 e. The molecule has 1 aliphatic rings. The Balaban J connectivity index is 1.82. The second-order valence-corrected chi connectivity index (χ2v) is 5.39. The van der Waals surface area contributed by atoms with Crippen LogP contribution in [-0.2, 0) is 0 Å². The minimum atomic E-state index is -0.362. The Morgan fingerprint density at radius 2 is 2.19 bits per heavy atom. The smallest absolute Gasteiger partial charge is 0.165 e. The normalized spacial score (nSPS) is 19.2. The molecule has 1 saturated heterocycles. The lowest BCUT2D eigenvalue weighted by atomic mass is 10.1. The van der Waals surface area contributed by atoms with Crippen molar-refractivity contribution in [1.29, 1.82) is 0 Å². The molecule has 0 saturated carbocycles. The van der Waals surface area contributed by atoms with Crippen LogP contribution < -0.4 is 10.1 Å². The fraction of sp³-hybridized carbons (Fsp3) is 0.438. The van der Waals surface area contributed by atoms with Crippen LogP contribution in [0.1, 0.15) is 37.5 Å². The first-order valence-corrected chi connectivity index (χ1v) is 7.40. The zero-order valence-electron chi connectivity index (χ0n) is 12.2. The number of methoxy groups -OCH3 is 1. The summed E-state index contributed by atoms with van der Waals surface area (Å²) in [5.74, 6) is 0.825. The van der Waals surface area contributed by atoms with Crippen LogP contribution in [0.15, 0.2) is 24.4 Å². The van der Waals surface area contributed by atoms with Crippen LogP contribution in [0, 0.1) is 5.82 Å². The number of ether oxygens (including phenoxy) is 1. The molecule has 2 N–H and O–H groups in total. The van der Waals surface area contributed by atoms with Gasteiger partial charge in [0, 0.05) is 5.56 Å². The van der Waals surface area contributed by atoms with E-state index in [0.717, 1.165) is 30.0 Å². The number of H-pyrrole nitrogens is 1. The maximum Gasteiger partial charge on any atom is 0.165 e. The zero-order valence-corrected chi connectivity index (χ0v) is 12.2. The van der Waals surface area contributed by atoms with Gasteiger partial charge in [0.15, 0.2) is 11.6 Å². The van der Waals surface area contributed by atoms with Crippen molar-refractivity contribution in [1.82, 2.24) is 15.3 Å². The molecule has 112 valence electrons. The maximum atomic E-state index is 13.8. The number of aromatic nitrogens is 2. The lowest BCUT2D eigenvalue weighted by molar-refractivity contribution is 0.386. The van der Waals surface area contributed by atoms with E-state index in [1.165, 1.54) is 32.4 Å². The predicted octanol–water partition coefficient (Wildman–Crippen LogP) is 3.43. The summed E-state index contributed by atoms with van der Waals surface area (Å²) >= 11 is 0. The van der Waals surface area contributed by atoms with Crippen molar-refractivity contribution in [3.8, 4) is 17.0 Å². The van der Waals surface area contributed by atoms with Crippen LogP contribution in [0.2, 0.25) is 0 Å². The van der Waals surface area contributed by atoms with E-state index < -0.39 is 0 Å². The highest BCUT2D eigenvalue weighted by Gasteiger charge is 2.17. The standard InChI is InChI=1S/C16H20FN3O/c1-21-15-7-6-11(9-12(15)17)14-10-19-16(20-14)13-5-3-2-4-8-18-13/h6-7,9-10,13,18H,2-5,8H2,1H3,(H,19,20). The second-order valence-electron chi connectivity index (χ2n) is 5.39. The topological polar surface area (TPSA) is 49.9 Å². The van der Waals surface area contributed by atoms with E-state index in [9.17, 15) is 4.39 Å². The Morgan fingerprint density at radius 1 is 1.29 bits per heavy atom. The first-order valence-electron chi connectivity index (χ1n) is 7.40. The highest BCUT2D eigenvalue weighted by Crippen LogP contribution is 2.26. The second kappa shape index (κ2) is 6.26. The molecule has 0 amide bonds. The van der Waals surface area contributed by atoms with Crippen molar-refractivity contribution >= 4 is 0 Å². The summed E-state index contributed by atoms with van der Waals surface area (Å²) in [5, 5.41) is 3.50. The lowest BCUT2D eigenvalue weighted by Gasteiger charge is -2.12. The van der Waals surface area contributed by atoms with Gasteiger partial charge in [-0.1, -0.05) is 12.8 Å². The van der Waals surface area contributed by atoms with Gasteiger partial charge >= 0.3 is 0 Å². The fourth-order valence-corrected chi connectivity index (χ4v) is 2.76.